The number of nitrogens with one attached hydrogen (secondary N) is 1. The van der Waals surface area contributed by atoms with E-state index < -0.39 is 17.8 Å². The minimum atomic E-state index is -0.829. The van der Waals surface area contributed by atoms with Crippen LogP contribution in [0.3, 0.4) is 0 Å². The number of methoxy groups -OCH3 is 1. The van der Waals surface area contributed by atoms with Gasteiger partial charge in [0.2, 0.25) is 0 Å². The summed E-state index contributed by atoms with van der Waals surface area (Å²) < 4.78 is 24.4. The highest BCUT2D eigenvalue weighted by Gasteiger charge is 2.36. The standard InChI is InChI=1S/C25H19FN2O5/c1-32-19-12-8-18(9-13-19)28-24(30)21(23(29)27-25(28)31)14-16-6-10-20(11-7-16)33-15-17-4-2-3-5-22(17)26/h2-14H,15H2,1H3,(H,27,29,31)/b21-14-. The SMILES string of the molecule is COc1ccc(N2C(=O)NC(=O)/C(=C/c3ccc(OCc4ccccc4F)cc3)C2=O)cc1. The number of carbonyl (C=O) groups is 3. The molecule has 0 aliphatic carbocycles. The molecule has 166 valence electrons. The van der Waals surface area contributed by atoms with Crippen molar-refractivity contribution in [3.05, 3.63) is 95.3 Å². The number of ether oxygens (including phenoxy) is 2. The highest BCUT2D eigenvalue weighted by Crippen LogP contribution is 2.25. The number of hydrogen-bond donors (Lipinski definition) is 1. The summed E-state index contributed by atoms with van der Waals surface area (Å²) in [6.07, 6.45) is 1.39. The Morgan fingerprint density at radius 3 is 2.24 bits per heavy atom. The number of rotatable bonds is 6. The van der Waals surface area contributed by atoms with Crippen molar-refractivity contribution >= 4 is 29.6 Å². The molecule has 1 heterocycles. The summed E-state index contributed by atoms with van der Waals surface area (Å²) >= 11 is 0. The second-order valence-corrected chi connectivity index (χ2v) is 7.10. The van der Waals surface area contributed by atoms with Gasteiger partial charge in [0.1, 0.15) is 29.5 Å². The maximum atomic E-state index is 13.7. The number of halogens is 1. The first-order valence-corrected chi connectivity index (χ1v) is 9.98. The largest absolute Gasteiger partial charge is 0.497 e. The molecule has 1 aliphatic rings. The molecule has 1 N–H and O–H groups in total. The van der Waals surface area contributed by atoms with Crippen LogP contribution in [0.25, 0.3) is 6.08 Å². The van der Waals surface area contributed by atoms with Gasteiger partial charge in [0.15, 0.2) is 0 Å². The minimum absolute atomic E-state index is 0.0624. The quantitative estimate of drug-likeness (QED) is 0.456. The summed E-state index contributed by atoms with van der Waals surface area (Å²) in [6, 6.07) is 18.4. The van der Waals surface area contributed by atoms with Gasteiger partial charge in [0.05, 0.1) is 12.8 Å². The van der Waals surface area contributed by atoms with E-state index in [1.165, 1.54) is 19.3 Å². The lowest BCUT2D eigenvalue weighted by Crippen LogP contribution is -2.54. The molecular weight excluding hydrogens is 427 g/mol. The van der Waals surface area contributed by atoms with E-state index in [4.69, 9.17) is 9.47 Å². The van der Waals surface area contributed by atoms with Crippen LogP contribution in [0.1, 0.15) is 11.1 Å². The molecule has 1 aliphatic heterocycles. The Bertz CT molecular complexity index is 1240. The Morgan fingerprint density at radius 2 is 1.58 bits per heavy atom. The van der Waals surface area contributed by atoms with Gasteiger partial charge >= 0.3 is 6.03 Å². The van der Waals surface area contributed by atoms with E-state index in [9.17, 15) is 18.8 Å². The molecule has 0 radical (unpaired) electrons. The van der Waals surface area contributed by atoms with E-state index in [0.29, 0.717) is 28.3 Å². The molecule has 4 amide bonds. The number of barbiturate groups is 1. The highest BCUT2D eigenvalue weighted by molar-refractivity contribution is 6.39. The second kappa shape index (κ2) is 9.35. The number of nitrogens with zero attached hydrogens (tertiary/aromatic N) is 1. The molecule has 0 bridgehead atoms. The van der Waals surface area contributed by atoms with Crippen LogP contribution in [0.2, 0.25) is 0 Å². The number of urea groups is 1. The Kier molecular flexibility index (Phi) is 6.17. The number of benzene rings is 3. The van der Waals surface area contributed by atoms with Crippen LogP contribution in [0.5, 0.6) is 11.5 Å². The molecule has 0 unspecified atom stereocenters. The van der Waals surface area contributed by atoms with E-state index in [1.807, 2.05) is 0 Å². The maximum absolute atomic E-state index is 13.7. The lowest BCUT2D eigenvalue weighted by atomic mass is 10.1. The molecule has 0 aromatic heterocycles. The fourth-order valence-electron chi connectivity index (χ4n) is 3.23. The zero-order valence-electron chi connectivity index (χ0n) is 17.6. The lowest BCUT2D eigenvalue weighted by Gasteiger charge is -2.26. The van der Waals surface area contributed by atoms with Crippen LogP contribution in [-0.2, 0) is 16.2 Å². The van der Waals surface area contributed by atoms with Crippen molar-refractivity contribution in [2.45, 2.75) is 6.61 Å². The number of hydrogen-bond acceptors (Lipinski definition) is 5. The third kappa shape index (κ3) is 4.74. The van der Waals surface area contributed by atoms with Crippen LogP contribution in [0, 0.1) is 5.82 Å². The first kappa shape index (κ1) is 21.8. The predicted octanol–water partition coefficient (Wildman–Crippen LogP) is 4.08. The Hall–Kier alpha value is -4.46. The Morgan fingerprint density at radius 1 is 0.909 bits per heavy atom. The van der Waals surface area contributed by atoms with Crippen LogP contribution >= 0.6 is 0 Å². The molecule has 8 heteroatoms. The van der Waals surface area contributed by atoms with Gasteiger partial charge in [-0.05, 0) is 54.1 Å². The Labute approximate surface area is 189 Å². The molecule has 1 saturated heterocycles. The molecular formula is C25H19FN2O5. The van der Waals surface area contributed by atoms with Gasteiger partial charge in [-0.15, -0.1) is 0 Å². The first-order valence-electron chi connectivity index (χ1n) is 9.98. The number of amides is 4. The fraction of sp³-hybridized carbons (Fsp3) is 0.0800. The van der Waals surface area contributed by atoms with Crippen LogP contribution in [0.4, 0.5) is 14.9 Å². The van der Waals surface area contributed by atoms with Crippen molar-refractivity contribution < 1.29 is 28.2 Å². The van der Waals surface area contributed by atoms with Gasteiger partial charge in [-0.1, -0.05) is 30.3 Å². The van der Waals surface area contributed by atoms with Gasteiger partial charge in [0, 0.05) is 5.56 Å². The topological polar surface area (TPSA) is 84.9 Å². The van der Waals surface area contributed by atoms with Crippen LogP contribution in [0.15, 0.2) is 78.4 Å². The summed E-state index contributed by atoms with van der Waals surface area (Å²) in [4.78, 5) is 38.5. The summed E-state index contributed by atoms with van der Waals surface area (Å²) in [5.74, 6) is -0.817. The fourth-order valence-corrected chi connectivity index (χ4v) is 3.23. The normalized spacial score (nSPS) is 14.9. The minimum Gasteiger partial charge on any atom is -0.497 e. The van der Waals surface area contributed by atoms with Crippen LogP contribution in [-0.4, -0.2) is 25.0 Å². The van der Waals surface area contributed by atoms with E-state index in [-0.39, 0.29) is 18.0 Å². The van der Waals surface area contributed by atoms with Crippen molar-refractivity contribution in [1.82, 2.24) is 5.32 Å². The maximum Gasteiger partial charge on any atom is 0.335 e. The first-order chi connectivity index (χ1) is 16.0. The summed E-state index contributed by atoms with van der Waals surface area (Å²) in [6.45, 7) is 0.0624. The molecule has 0 saturated carbocycles. The molecule has 7 nitrogen and oxygen atoms in total. The van der Waals surface area contributed by atoms with Gasteiger partial charge in [0.25, 0.3) is 11.8 Å². The van der Waals surface area contributed by atoms with Crippen LogP contribution < -0.4 is 19.7 Å². The van der Waals surface area contributed by atoms with E-state index in [1.54, 1.807) is 66.7 Å². The molecule has 3 aromatic carbocycles. The third-order valence-electron chi connectivity index (χ3n) is 4.98. The van der Waals surface area contributed by atoms with E-state index in [2.05, 4.69) is 5.32 Å². The number of imide groups is 2. The van der Waals surface area contributed by atoms with Crippen molar-refractivity contribution in [2.24, 2.45) is 0 Å². The molecule has 3 aromatic rings. The second-order valence-electron chi connectivity index (χ2n) is 7.10. The highest BCUT2D eigenvalue weighted by atomic mass is 19.1. The van der Waals surface area contributed by atoms with Crippen molar-refractivity contribution in [3.63, 3.8) is 0 Å². The summed E-state index contributed by atoms with van der Waals surface area (Å²) in [7, 11) is 1.50. The van der Waals surface area contributed by atoms with Gasteiger partial charge in [-0.25, -0.2) is 14.1 Å². The summed E-state index contributed by atoms with van der Waals surface area (Å²) in [5, 5.41) is 2.18. The molecule has 4 rings (SSSR count). The van der Waals surface area contributed by atoms with Crippen molar-refractivity contribution in [3.8, 4) is 11.5 Å². The third-order valence-corrected chi connectivity index (χ3v) is 4.98. The zero-order chi connectivity index (χ0) is 23.4. The van der Waals surface area contributed by atoms with Gasteiger partial charge in [-0.2, -0.15) is 0 Å². The van der Waals surface area contributed by atoms with Gasteiger partial charge < -0.3 is 9.47 Å². The summed E-state index contributed by atoms with van der Waals surface area (Å²) in [5.41, 5.74) is 1.09. The molecule has 0 atom stereocenters. The van der Waals surface area contributed by atoms with Gasteiger partial charge in [-0.3, -0.25) is 14.9 Å². The van der Waals surface area contributed by atoms with E-state index in [0.717, 1.165) is 4.90 Å². The lowest BCUT2D eigenvalue weighted by molar-refractivity contribution is -0.122. The monoisotopic (exact) mass is 446 g/mol. The van der Waals surface area contributed by atoms with Crippen molar-refractivity contribution in [1.29, 1.82) is 0 Å². The molecule has 1 fully saturated rings. The molecule has 33 heavy (non-hydrogen) atoms. The van der Waals surface area contributed by atoms with Crippen molar-refractivity contribution in [2.75, 3.05) is 12.0 Å². The smallest absolute Gasteiger partial charge is 0.335 e. The number of anilines is 1. The van der Waals surface area contributed by atoms with E-state index >= 15 is 0 Å². The predicted molar refractivity (Wildman–Crippen MR) is 119 cm³/mol. The number of carbonyl (C=O) groups excluding carboxylic acids is 3. The zero-order valence-corrected chi connectivity index (χ0v) is 17.6. The average Bonchev–Trinajstić information content (AvgIpc) is 2.82. The molecule has 0 spiro atoms. The Balaban J connectivity index is 1.51. The average molecular weight is 446 g/mol.